The molecule has 1 aromatic carbocycles. The van der Waals surface area contributed by atoms with Crippen molar-refractivity contribution in [2.75, 3.05) is 0 Å². The second-order valence-electron chi connectivity index (χ2n) is 5.44. The topological polar surface area (TPSA) is 115 Å². The molecule has 1 aromatic heterocycles. The van der Waals surface area contributed by atoms with Crippen molar-refractivity contribution in [3.63, 3.8) is 0 Å². The van der Waals surface area contributed by atoms with Gasteiger partial charge >= 0.3 is 5.97 Å². The standard InChI is InChI=1S/C18H21N3O5/c1-3-5-6-14(18(23)24)19-17(22)12-7-9-13(10-8-12)25-11-15-20-16(4-2)26-21-15/h3,5,7-10,14H,4,6,11H2,1-2H3,(H,19,22)(H,23,24)/b5-3+. The van der Waals surface area contributed by atoms with Crippen LogP contribution in [0.4, 0.5) is 0 Å². The highest BCUT2D eigenvalue weighted by Crippen LogP contribution is 2.14. The molecule has 2 N–H and O–H groups in total. The van der Waals surface area contributed by atoms with Crippen molar-refractivity contribution in [2.24, 2.45) is 0 Å². The number of carbonyl (C=O) groups excluding carboxylic acids is 1. The van der Waals surface area contributed by atoms with Crippen molar-refractivity contribution >= 4 is 11.9 Å². The van der Waals surface area contributed by atoms with Gasteiger partial charge in [-0.25, -0.2) is 4.79 Å². The highest BCUT2D eigenvalue weighted by atomic mass is 16.5. The lowest BCUT2D eigenvalue weighted by atomic mass is 10.1. The number of ether oxygens (including phenoxy) is 1. The van der Waals surface area contributed by atoms with Gasteiger partial charge in [0.2, 0.25) is 11.7 Å². The highest BCUT2D eigenvalue weighted by molar-refractivity contribution is 5.96. The van der Waals surface area contributed by atoms with Crippen LogP contribution in [0.2, 0.25) is 0 Å². The van der Waals surface area contributed by atoms with Crippen LogP contribution in [0.3, 0.4) is 0 Å². The van der Waals surface area contributed by atoms with Gasteiger partial charge in [0.25, 0.3) is 5.91 Å². The lowest BCUT2D eigenvalue weighted by Crippen LogP contribution is -2.40. The Morgan fingerprint density at radius 1 is 1.35 bits per heavy atom. The van der Waals surface area contributed by atoms with Gasteiger partial charge in [-0.05, 0) is 37.6 Å². The molecule has 1 unspecified atom stereocenters. The van der Waals surface area contributed by atoms with Gasteiger partial charge in [0.15, 0.2) is 6.61 Å². The molecular weight excluding hydrogens is 338 g/mol. The predicted octanol–water partition coefficient (Wildman–Crippen LogP) is 2.36. The summed E-state index contributed by atoms with van der Waals surface area (Å²) in [5.74, 6) is -0.0197. The van der Waals surface area contributed by atoms with Gasteiger partial charge in [0.1, 0.15) is 11.8 Å². The fraction of sp³-hybridized carbons (Fsp3) is 0.333. The van der Waals surface area contributed by atoms with Gasteiger partial charge in [-0.2, -0.15) is 4.98 Å². The number of carboxylic acid groups (broad SMARTS) is 1. The summed E-state index contributed by atoms with van der Waals surface area (Å²) in [6.45, 7) is 3.85. The molecule has 1 amide bonds. The number of rotatable bonds is 9. The molecule has 0 saturated carbocycles. The molecule has 2 rings (SSSR count). The molecule has 8 heteroatoms. The van der Waals surface area contributed by atoms with Crippen LogP contribution in [-0.4, -0.2) is 33.2 Å². The van der Waals surface area contributed by atoms with Crippen LogP contribution >= 0.6 is 0 Å². The summed E-state index contributed by atoms with van der Waals surface area (Å²) in [5, 5.41) is 15.4. The van der Waals surface area contributed by atoms with Crippen molar-refractivity contribution < 1.29 is 24.0 Å². The van der Waals surface area contributed by atoms with E-state index in [4.69, 9.17) is 14.4 Å². The third-order valence-corrected chi connectivity index (χ3v) is 3.51. The Hall–Kier alpha value is -3.16. The van der Waals surface area contributed by atoms with Crippen LogP contribution in [-0.2, 0) is 17.8 Å². The number of nitrogens with one attached hydrogen (secondary N) is 1. The zero-order valence-electron chi connectivity index (χ0n) is 14.6. The third kappa shape index (κ3) is 5.44. The molecule has 0 fully saturated rings. The van der Waals surface area contributed by atoms with E-state index in [0.29, 0.717) is 29.4 Å². The molecule has 1 heterocycles. The maximum atomic E-state index is 12.2. The number of amides is 1. The second kappa shape index (κ2) is 9.36. The average Bonchev–Trinajstić information content (AvgIpc) is 3.11. The second-order valence-corrected chi connectivity index (χ2v) is 5.44. The molecule has 1 atom stereocenters. The fourth-order valence-electron chi connectivity index (χ4n) is 2.08. The Morgan fingerprint density at radius 3 is 2.65 bits per heavy atom. The van der Waals surface area contributed by atoms with Gasteiger partial charge in [-0.15, -0.1) is 0 Å². The zero-order chi connectivity index (χ0) is 18.9. The Balaban J connectivity index is 1.92. The van der Waals surface area contributed by atoms with Crippen molar-refractivity contribution in [3.05, 3.63) is 53.7 Å². The highest BCUT2D eigenvalue weighted by Gasteiger charge is 2.19. The molecule has 0 aliphatic heterocycles. The molecule has 0 radical (unpaired) electrons. The first-order valence-corrected chi connectivity index (χ1v) is 8.22. The predicted molar refractivity (Wildman–Crippen MR) is 92.8 cm³/mol. The third-order valence-electron chi connectivity index (χ3n) is 3.51. The molecule has 26 heavy (non-hydrogen) atoms. The number of carbonyl (C=O) groups is 2. The van der Waals surface area contributed by atoms with Crippen molar-refractivity contribution in [2.45, 2.75) is 39.3 Å². The van der Waals surface area contributed by atoms with E-state index in [1.165, 1.54) is 0 Å². The maximum Gasteiger partial charge on any atom is 0.326 e. The Labute approximate surface area is 150 Å². The maximum absolute atomic E-state index is 12.2. The summed E-state index contributed by atoms with van der Waals surface area (Å²) in [6, 6.07) is 5.40. The molecule has 0 saturated heterocycles. The average molecular weight is 359 g/mol. The van der Waals surface area contributed by atoms with Crippen molar-refractivity contribution in [1.29, 1.82) is 0 Å². The molecule has 8 nitrogen and oxygen atoms in total. The lowest BCUT2D eigenvalue weighted by molar-refractivity contribution is -0.139. The number of aromatic nitrogens is 2. The van der Waals surface area contributed by atoms with Gasteiger partial charge in [-0.1, -0.05) is 24.2 Å². The number of carboxylic acids is 1. The number of allylic oxidation sites excluding steroid dienone is 1. The van der Waals surface area contributed by atoms with E-state index in [1.54, 1.807) is 43.3 Å². The molecular formula is C18H21N3O5. The minimum absolute atomic E-state index is 0.152. The molecule has 2 aromatic rings. The first-order valence-electron chi connectivity index (χ1n) is 8.22. The normalized spacial score (nSPS) is 12.1. The first-order chi connectivity index (χ1) is 12.5. The molecule has 0 bridgehead atoms. The lowest BCUT2D eigenvalue weighted by Gasteiger charge is -2.13. The van der Waals surface area contributed by atoms with Crippen LogP contribution in [0.5, 0.6) is 5.75 Å². The van der Waals surface area contributed by atoms with Crippen LogP contribution in [0.1, 0.15) is 42.3 Å². The van der Waals surface area contributed by atoms with E-state index in [-0.39, 0.29) is 13.0 Å². The summed E-state index contributed by atoms with van der Waals surface area (Å²) in [4.78, 5) is 27.5. The molecule has 138 valence electrons. The number of aliphatic carboxylic acids is 1. The summed E-state index contributed by atoms with van der Waals surface area (Å²) < 4.78 is 10.5. The Kier molecular flexibility index (Phi) is 6.90. The van der Waals surface area contributed by atoms with E-state index in [9.17, 15) is 9.59 Å². The van der Waals surface area contributed by atoms with Gasteiger partial charge in [0, 0.05) is 12.0 Å². The molecule has 0 aliphatic carbocycles. The van der Waals surface area contributed by atoms with Crippen molar-refractivity contribution in [1.82, 2.24) is 15.5 Å². The summed E-state index contributed by atoms with van der Waals surface area (Å²) in [6.07, 6.45) is 4.31. The van der Waals surface area contributed by atoms with Crippen LogP contribution in [0.25, 0.3) is 0 Å². The van der Waals surface area contributed by atoms with Crippen LogP contribution in [0, 0.1) is 0 Å². The molecule has 0 spiro atoms. The first kappa shape index (κ1) is 19.2. The molecule has 0 aliphatic rings. The number of hydrogen-bond donors (Lipinski definition) is 2. The SMILES string of the molecule is C/C=C/CC(NC(=O)c1ccc(OCc2noc(CC)n2)cc1)C(=O)O. The van der Waals surface area contributed by atoms with Gasteiger partial charge < -0.3 is 19.7 Å². The van der Waals surface area contributed by atoms with Gasteiger partial charge in [-0.3, -0.25) is 4.79 Å². The summed E-state index contributed by atoms with van der Waals surface area (Å²) in [7, 11) is 0. The van der Waals surface area contributed by atoms with E-state index in [2.05, 4.69) is 15.5 Å². The monoisotopic (exact) mass is 359 g/mol. The summed E-state index contributed by atoms with van der Waals surface area (Å²) >= 11 is 0. The largest absolute Gasteiger partial charge is 0.485 e. The number of aryl methyl sites for hydroxylation is 1. The van der Waals surface area contributed by atoms with Gasteiger partial charge in [0.05, 0.1) is 0 Å². The quantitative estimate of drug-likeness (QED) is 0.660. The summed E-state index contributed by atoms with van der Waals surface area (Å²) in [5.41, 5.74) is 0.344. The minimum atomic E-state index is -1.08. The smallest absolute Gasteiger partial charge is 0.326 e. The fourth-order valence-corrected chi connectivity index (χ4v) is 2.08. The minimum Gasteiger partial charge on any atom is -0.485 e. The van der Waals surface area contributed by atoms with E-state index < -0.39 is 17.9 Å². The number of hydrogen-bond acceptors (Lipinski definition) is 6. The number of nitrogens with zero attached hydrogens (tertiary/aromatic N) is 2. The zero-order valence-corrected chi connectivity index (χ0v) is 14.6. The van der Waals surface area contributed by atoms with E-state index in [1.807, 2.05) is 6.92 Å². The van der Waals surface area contributed by atoms with Crippen molar-refractivity contribution in [3.8, 4) is 5.75 Å². The number of benzene rings is 1. The Morgan fingerprint density at radius 2 is 2.08 bits per heavy atom. The van der Waals surface area contributed by atoms with E-state index in [0.717, 1.165) is 0 Å². The van der Waals surface area contributed by atoms with E-state index >= 15 is 0 Å². The Bertz CT molecular complexity index is 767. The van der Waals surface area contributed by atoms with Crippen LogP contribution < -0.4 is 10.1 Å². The van der Waals surface area contributed by atoms with Crippen LogP contribution in [0.15, 0.2) is 40.9 Å².